The molecule has 0 fully saturated rings. The normalized spacial score (nSPS) is 10.8. The Kier molecular flexibility index (Phi) is 3.65. The molecule has 0 saturated carbocycles. The standard InChI is InChI=1S/C14H11BrClN5/c1-8-4-2-7-11(12(8)15)21-14(18-19-20-21)9-5-3-6-10(16)13(9)17/h2-7H,17H2,1H3. The van der Waals surface area contributed by atoms with E-state index in [-0.39, 0.29) is 0 Å². The smallest absolute Gasteiger partial charge is 0.189 e. The molecule has 0 aliphatic heterocycles. The minimum absolute atomic E-state index is 0.457. The average Bonchev–Trinajstić information content (AvgIpc) is 2.94. The molecule has 0 atom stereocenters. The lowest BCUT2D eigenvalue weighted by Crippen LogP contribution is -2.03. The van der Waals surface area contributed by atoms with Crippen LogP contribution in [0.1, 0.15) is 5.56 Å². The largest absolute Gasteiger partial charge is 0.397 e. The number of halogens is 2. The summed E-state index contributed by atoms with van der Waals surface area (Å²) in [5.41, 5.74) is 9.12. The van der Waals surface area contributed by atoms with Crippen molar-refractivity contribution in [2.45, 2.75) is 6.92 Å². The number of aryl methyl sites for hydroxylation is 1. The maximum atomic E-state index is 6.07. The number of nitrogen functional groups attached to an aromatic ring is 1. The molecular weight excluding hydrogens is 354 g/mol. The van der Waals surface area contributed by atoms with Gasteiger partial charge in [-0.25, -0.2) is 0 Å². The number of para-hydroxylation sites is 1. The summed E-state index contributed by atoms with van der Waals surface area (Å²) >= 11 is 9.64. The van der Waals surface area contributed by atoms with Crippen LogP contribution in [0.2, 0.25) is 5.02 Å². The molecule has 0 aliphatic rings. The number of tetrazole rings is 1. The second-order valence-corrected chi connectivity index (χ2v) is 5.72. The number of rotatable bonds is 2. The van der Waals surface area contributed by atoms with Crippen molar-refractivity contribution in [2.24, 2.45) is 0 Å². The van der Waals surface area contributed by atoms with E-state index in [9.17, 15) is 0 Å². The number of anilines is 1. The third-order valence-electron chi connectivity index (χ3n) is 3.16. The molecule has 7 heteroatoms. The van der Waals surface area contributed by atoms with Crippen LogP contribution in [0.15, 0.2) is 40.9 Å². The predicted molar refractivity (Wildman–Crippen MR) is 86.4 cm³/mol. The van der Waals surface area contributed by atoms with Gasteiger partial charge in [0.15, 0.2) is 5.82 Å². The molecule has 0 aliphatic carbocycles. The zero-order valence-corrected chi connectivity index (χ0v) is 13.4. The maximum Gasteiger partial charge on any atom is 0.189 e. The van der Waals surface area contributed by atoms with Crippen LogP contribution in [0.4, 0.5) is 5.69 Å². The summed E-state index contributed by atoms with van der Waals surface area (Å²) in [7, 11) is 0. The zero-order valence-electron chi connectivity index (χ0n) is 11.1. The van der Waals surface area contributed by atoms with Crippen molar-refractivity contribution in [1.29, 1.82) is 0 Å². The third kappa shape index (κ3) is 2.41. The van der Waals surface area contributed by atoms with E-state index in [1.807, 2.05) is 37.3 Å². The quantitative estimate of drug-likeness (QED) is 0.705. The Labute approximate surface area is 134 Å². The Morgan fingerprint density at radius 3 is 2.76 bits per heavy atom. The fourth-order valence-electron chi connectivity index (χ4n) is 2.04. The van der Waals surface area contributed by atoms with E-state index >= 15 is 0 Å². The lowest BCUT2D eigenvalue weighted by atomic mass is 10.1. The Bertz CT molecular complexity index is 749. The lowest BCUT2D eigenvalue weighted by molar-refractivity contribution is 0.788. The molecule has 106 valence electrons. The molecule has 3 aromatic rings. The van der Waals surface area contributed by atoms with Crippen LogP contribution in [0.25, 0.3) is 17.1 Å². The number of hydrogen-bond donors (Lipinski definition) is 1. The highest BCUT2D eigenvalue weighted by molar-refractivity contribution is 9.10. The van der Waals surface area contributed by atoms with E-state index in [0.29, 0.717) is 22.1 Å². The van der Waals surface area contributed by atoms with Crippen LogP contribution in [-0.2, 0) is 0 Å². The van der Waals surface area contributed by atoms with E-state index in [1.165, 1.54) is 0 Å². The van der Waals surface area contributed by atoms with Gasteiger partial charge in [-0.2, -0.15) is 4.68 Å². The van der Waals surface area contributed by atoms with Crippen molar-refractivity contribution in [2.75, 3.05) is 5.73 Å². The van der Waals surface area contributed by atoms with Crippen molar-refractivity contribution in [1.82, 2.24) is 20.2 Å². The predicted octanol–water partition coefficient (Wildman–Crippen LogP) is 3.64. The molecule has 0 unspecified atom stereocenters. The van der Waals surface area contributed by atoms with Crippen LogP contribution >= 0.6 is 27.5 Å². The van der Waals surface area contributed by atoms with Gasteiger partial charge in [0.2, 0.25) is 0 Å². The molecule has 0 bridgehead atoms. The van der Waals surface area contributed by atoms with Gasteiger partial charge in [-0.1, -0.05) is 29.8 Å². The lowest BCUT2D eigenvalue weighted by Gasteiger charge is -2.10. The van der Waals surface area contributed by atoms with E-state index < -0.39 is 0 Å². The second kappa shape index (κ2) is 5.46. The monoisotopic (exact) mass is 363 g/mol. The van der Waals surface area contributed by atoms with Crippen molar-refractivity contribution >= 4 is 33.2 Å². The van der Waals surface area contributed by atoms with Crippen LogP contribution < -0.4 is 5.73 Å². The number of hydrogen-bond acceptors (Lipinski definition) is 4. The van der Waals surface area contributed by atoms with Gasteiger partial charge in [-0.05, 0) is 57.0 Å². The molecule has 1 heterocycles. The molecule has 21 heavy (non-hydrogen) atoms. The number of aromatic nitrogens is 4. The average molecular weight is 365 g/mol. The van der Waals surface area contributed by atoms with Gasteiger partial charge < -0.3 is 5.73 Å². The summed E-state index contributed by atoms with van der Waals surface area (Å²) in [5.74, 6) is 0.543. The SMILES string of the molecule is Cc1cccc(-n2nnnc2-c2cccc(Cl)c2N)c1Br. The summed E-state index contributed by atoms with van der Waals surface area (Å²) < 4.78 is 2.57. The molecule has 0 radical (unpaired) electrons. The van der Waals surface area contributed by atoms with Gasteiger partial charge in [0, 0.05) is 10.0 Å². The first-order chi connectivity index (χ1) is 10.1. The molecule has 2 N–H and O–H groups in total. The fraction of sp³-hybridized carbons (Fsp3) is 0.0714. The minimum atomic E-state index is 0.457. The van der Waals surface area contributed by atoms with Crippen LogP contribution in [-0.4, -0.2) is 20.2 Å². The number of benzene rings is 2. The summed E-state index contributed by atoms with van der Waals surface area (Å²) in [4.78, 5) is 0. The van der Waals surface area contributed by atoms with Crippen molar-refractivity contribution in [3.8, 4) is 17.1 Å². The molecule has 2 aromatic carbocycles. The van der Waals surface area contributed by atoms with Crippen LogP contribution in [0.3, 0.4) is 0 Å². The summed E-state index contributed by atoms with van der Waals surface area (Å²) in [6.07, 6.45) is 0. The highest BCUT2D eigenvalue weighted by Gasteiger charge is 2.16. The molecule has 5 nitrogen and oxygen atoms in total. The van der Waals surface area contributed by atoms with E-state index in [2.05, 4.69) is 31.5 Å². The van der Waals surface area contributed by atoms with Gasteiger partial charge in [0.25, 0.3) is 0 Å². The minimum Gasteiger partial charge on any atom is -0.397 e. The molecule has 3 rings (SSSR count). The Morgan fingerprint density at radius 1 is 1.19 bits per heavy atom. The molecule has 0 saturated heterocycles. The zero-order chi connectivity index (χ0) is 15.0. The maximum absolute atomic E-state index is 6.07. The van der Waals surface area contributed by atoms with Crippen molar-refractivity contribution in [3.05, 3.63) is 51.5 Å². The van der Waals surface area contributed by atoms with Gasteiger partial charge in [0.05, 0.1) is 16.4 Å². The van der Waals surface area contributed by atoms with E-state index in [4.69, 9.17) is 17.3 Å². The summed E-state index contributed by atoms with van der Waals surface area (Å²) in [5, 5.41) is 12.4. The topological polar surface area (TPSA) is 69.6 Å². The Balaban J connectivity index is 2.22. The highest BCUT2D eigenvalue weighted by atomic mass is 79.9. The second-order valence-electron chi connectivity index (χ2n) is 4.52. The Morgan fingerprint density at radius 2 is 1.95 bits per heavy atom. The summed E-state index contributed by atoms with van der Waals surface area (Å²) in [6, 6.07) is 11.3. The third-order valence-corrected chi connectivity index (χ3v) is 4.52. The van der Waals surface area contributed by atoms with Gasteiger partial charge in [0.1, 0.15) is 0 Å². The molecule has 0 spiro atoms. The van der Waals surface area contributed by atoms with E-state index in [1.54, 1.807) is 10.7 Å². The van der Waals surface area contributed by atoms with Crippen molar-refractivity contribution < 1.29 is 0 Å². The van der Waals surface area contributed by atoms with Gasteiger partial charge in [-0.15, -0.1) is 5.10 Å². The first kappa shape index (κ1) is 14.0. The first-order valence-electron chi connectivity index (χ1n) is 6.18. The molecule has 0 amide bonds. The molecular formula is C14H11BrClN5. The fourth-order valence-corrected chi connectivity index (χ4v) is 2.65. The number of nitrogens with zero attached hydrogens (tertiary/aromatic N) is 4. The van der Waals surface area contributed by atoms with Gasteiger partial charge in [-0.3, -0.25) is 0 Å². The van der Waals surface area contributed by atoms with E-state index in [0.717, 1.165) is 15.7 Å². The van der Waals surface area contributed by atoms with Crippen molar-refractivity contribution in [3.63, 3.8) is 0 Å². The van der Waals surface area contributed by atoms with Crippen LogP contribution in [0.5, 0.6) is 0 Å². The Hall–Kier alpha value is -1.92. The molecule has 1 aromatic heterocycles. The first-order valence-corrected chi connectivity index (χ1v) is 7.35. The summed E-state index contributed by atoms with van der Waals surface area (Å²) in [6.45, 7) is 2.01. The highest BCUT2D eigenvalue weighted by Crippen LogP contribution is 2.32. The number of nitrogens with two attached hydrogens (primary N) is 1. The van der Waals surface area contributed by atoms with Gasteiger partial charge >= 0.3 is 0 Å². The van der Waals surface area contributed by atoms with Crippen LogP contribution in [0, 0.1) is 6.92 Å².